The highest BCUT2D eigenvalue weighted by atomic mass is 32.2. The number of carbonyl (C=O) groups excluding carboxylic acids is 2. The van der Waals surface area contributed by atoms with Crippen LogP contribution in [0.4, 0.5) is 5.69 Å². The molecule has 0 atom stereocenters. The van der Waals surface area contributed by atoms with Crippen LogP contribution in [0.15, 0.2) is 24.3 Å². The molecule has 0 unspecified atom stereocenters. The lowest BCUT2D eigenvalue weighted by Gasteiger charge is -2.37. The Morgan fingerprint density at radius 2 is 1.53 bits per heavy atom. The fraction of sp³-hybridized carbons (Fsp3) is 0.600. The summed E-state index contributed by atoms with van der Waals surface area (Å²) in [5, 5.41) is 0. The van der Waals surface area contributed by atoms with E-state index in [9.17, 15) is 18.0 Å². The Kier molecular flexibility index (Phi) is 7.32. The van der Waals surface area contributed by atoms with Crippen LogP contribution in [0.1, 0.15) is 5.56 Å². The summed E-state index contributed by atoms with van der Waals surface area (Å²) in [5.41, 5.74) is 1.29. The summed E-state index contributed by atoms with van der Waals surface area (Å²) in [6.45, 7) is 6.46. The average Bonchev–Trinajstić information content (AvgIpc) is 2.72. The second kappa shape index (κ2) is 9.76. The first-order chi connectivity index (χ1) is 14.3. The van der Waals surface area contributed by atoms with Gasteiger partial charge in [-0.25, -0.2) is 8.42 Å². The number of carbonyl (C=O) groups is 2. The molecule has 0 N–H and O–H groups in total. The maximum Gasteiger partial charge on any atom is 0.243 e. The van der Waals surface area contributed by atoms with Crippen LogP contribution in [0.3, 0.4) is 0 Å². The number of piperazine rings is 1. The number of amides is 2. The molecule has 0 bridgehead atoms. The first-order valence-corrected chi connectivity index (χ1v) is 12.0. The number of para-hydroxylation sites is 1. The second-order valence-corrected chi connectivity index (χ2v) is 9.61. The van der Waals surface area contributed by atoms with Gasteiger partial charge in [0, 0.05) is 39.3 Å². The molecule has 0 spiro atoms. The largest absolute Gasteiger partial charge is 0.379 e. The molecule has 2 saturated heterocycles. The molecule has 0 saturated carbocycles. The molecule has 166 valence electrons. The van der Waals surface area contributed by atoms with Gasteiger partial charge >= 0.3 is 0 Å². The molecule has 2 heterocycles. The van der Waals surface area contributed by atoms with E-state index in [-0.39, 0.29) is 18.4 Å². The molecule has 2 fully saturated rings. The number of rotatable bonds is 6. The summed E-state index contributed by atoms with van der Waals surface area (Å²) in [7, 11) is -3.61. The highest BCUT2D eigenvalue weighted by molar-refractivity contribution is 7.92. The third kappa shape index (κ3) is 5.71. The van der Waals surface area contributed by atoms with Crippen molar-refractivity contribution in [3.63, 3.8) is 0 Å². The molecule has 0 aromatic heterocycles. The van der Waals surface area contributed by atoms with Crippen molar-refractivity contribution in [2.45, 2.75) is 6.92 Å². The summed E-state index contributed by atoms with van der Waals surface area (Å²) >= 11 is 0. The van der Waals surface area contributed by atoms with Gasteiger partial charge in [0.2, 0.25) is 21.8 Å². The molecule has 10 heteroatoms. The molecule has 1 aromatic carbocycles. The number of benzene rings is 1. The normalized spacial score (nSPS) is 18.3. The highest BCUT2D eigenvalue weighted by Gasteiger charge is 2.29. The van der Waals surface area contributed by atoms with Gasteiger partial charge < -0.3 is 14.5 Å². The molecule has 0 radical (unpaired) electrons. The van der Waals surface area contributed by atoms with Gasteiger partial charge in [-0.3, -0.25) is 18.8 Å². The third-order valence-corrected chi connectivity index (χ3v) is 6.64. The van der Waals surface area contributed by atoms with Crippen LogP contribution in [0.5, 0.6) is 0 Å². The van der Waals surface area contributed by atoms with Crippen LogP contribution in [0.25, 0.3) is 0 Å². The van der Waals surface area contributed by atoms with E-state index >= 15 is 0 Å². The van der Waals surface area contributed by atoms with Crippen molar-refractivity contribution in [1.29, 1.82) is 0 Å². The van der Waals surface area contributed by atoms with E-state index in [0.717, 1.165) is 29.2 Å². The first-order valence-electron chi connectivity index (χ1n) is 10.1. The topological polar surface area (TPSA) is 90.5 Å². The van der Waals surface area contributed by atoms with Crippen molar-refractivity contribution in [3.8, 4) is 0 Å². The first kappa shape index (κ1) is 22.5. The van der Waals surface area contributed by atoms with E-state index in [1.54, 1.807) is 21.9 Å². The molecule has 30 heavy (non-hydrogen) atoms. The number of aryl methyl sites for hydroxylation is 1. The van der Waals surface area contributed by atoms with Crippen LogP contribution < -0.4 is 4.31 Å². The van der Waals surface area contributed by atoms with Crippen molar-refractivity contribution < 1.29 is 22.7 Å². The van der Waals surface area contributed by atoms with Crippen molar-refractivity contribution in [2.75, 3.05) is 76.1 Å². The summed E-state index contributed by atoms with van der Waals surface area (Å²) < 4.78 is 31.1. The molecular weight excluding hydrogens is 408 g/mol. The van der Waals surface area contributed by atoms with E-state index in [2.05, 4.69) is 4.90 Å². The minimum absolute atomic E-state index is 0.0571. The second-order valence-electron chi connectivity index (χ2n) is 7.71. The molecular formula is C20H30N4O5S. The minimum atomic E-state index is -3.61. The fourth-order valence-corrected chi connectivity index (χ4v) is 4.61. The Morgan fingerprint density at radius 3 is 2.10 bits per heavy atom. The van der Waals surface area contributed by atoms with Crippen molar-refractivity contribution in [2.24, 2.45) is 0 Å². The predicted molar refractivity (Wildman–Crippen MR) is 114 cm³/mol. The van der Waals surface area contributed by atoms with Gasteiger partial charge in [-0.15, -0.1) is 0 Å². The van der Waals surface area contributed by atoms with Gasteiger partial charge in [-0.1, -0.05) is 18.2 Å². The highest BCUT2D eigenvalue weighted by Crippen LogP contribution is 2.22. The van der Waals surface area contributed by atoms with Crippen LogP contribution in [-0.2, 0) is 24.3 Å². The monoisotopic (exact) mass is 438 g/mol. The van der Waals surface area contributed by atoms with Crippen LogP contribution >= 0.6 is 0 Å². The molecule has 9 nitrogen and oxygen atoms in total. The number of anilines is 1. The molecule has 0 aliphatic carbocycles. The zero-order valence-electron chi connectivity index (χ0n) is 17.6. The van der Waals surface area contributed by atoms with Crippen LogP contribution in [0.2, 0.25) is 0 Å². The lowest BCUT2D eigenvalue weighted by molar-refractivity contribution is -0.140. The number of ether oxygens (including phenoxy) is 1. The molecule has 2 aliphatic heterocycles. The third-order valence-electron chi connectivity index (χ3n) is 5.51. The van der Waals surface area contributed by atoms with Gasteiger partial charge in [0.25, 0.3) is 0 Å². The Labute approximate surface area is 178 Å². The summed E-state index contributed by atoms with van der Waals surface area (Å²) in [4.78, 5) is 30.8. The van der Waals surface area contributed by atoms with Gasteiger partial charge in [0.15, 0.2) is 0 Å². The van der Waals surface area contributed by atoms with Crippen molar-refractivity contribution in [1.82, 2.24) is 14.7 Å². The SMILES string of the molecule is Cc1ccccc1N(CC(=O)N1CCN(C(=O)CN2CCOCC2)CC1)S(C)(=O)=O. The number of hydrogen-bond acceptors (Lipinski definition) is 6. The van der Waals surface area contributed by atoms with Crippen LogP contribution in [-0.4, -0.2) is 107 Å². The van der Waals surface area contributed by atoms with Crippen LogP contribution in [0, 0.1) is 6.92 Å². The maximum atomic E-state index is 12.8. The zero-order chi connectivity index (χ0) is 21.7. The van der Waals surface area contributed by atoms with Gasteiger partial charge in [-0.2, -0.15) is 0 Å². The quantitative estimate of drug-likeness (QED) is 0.609. The van der Waals surface area contributed by atoms with Gasteiger partial charge in [0.05, 0.1) is 31.7 Å². The molecule has 3 rings (SSSR count). The minimum Gasteiger partial charge on any atom is -0.379 e. The maximum absolute atomic E-state index is 12.8. The fourth-order valence-electron chi connectivity index (χ4n) is 3.70. The van der Waals surface area contributed by atoms with E-state index in [4.69, 9.17) is 4.74 Å². The van der Waals surface area contributed by atoms with E-state index in [0.29, 0.717) is 51.6 Å². The van der Waals surface area contributed by atoms with Gasteiger partial charge in [-0.05, 0) is 18.6 Å². The predicted octanol–water partition coefficient (Wildman–Crippen LogP) is -0.236. The smallest absolute Gasteiger partial charge is 0.243 e. The van der Waals surface area contributed by atoms with E-state index < -0.39 is 10.0 Å². The number of hydrogen-bond donors (Lipinski definition) is 0. The Balaban J connectivity index is 1.56. The average molecular weight is 439 g/mol. The molecule has 2 amide bonds. The van der Waals surface area contributed by atoms with E-state index in [1.807, 2.05) is 19.1 Å². The summed E-state index contributed by atoms with van der Waals surface area (Å²) in [5.74, 6) is -0.203. The summed E-state index contributed by atoms with van der Waals surface area (Å²) in [6, 6.07) is 7.10. The number of nitrogens with zero attached hydrogens (tertiary/aromatic N) is 4. The summed E-state index contributed by atoms with van der Waals surface area (Å²) in [6.07, 6.45) is 1.11. The standard InChI is InChI=1S/C20H30N4O5S/c1-17-5-3-4-6-18(17)24(30(2,27)28)16-20(26)23-9-7-22(8-10-23)19(25)15-21-11-13-29-14-12-21/h3-6H,7-16H2,1-2H3. The van der Waals surface area contributed by atoms with Crippen molar-refractivity contribution >= 4 is 27.5 Å². The van der Waals surface area contributed by atoms with Crippen molar-refractivity contribution in [3.05, 3.63) is 29.8 Å². The Bertz CT molecular complexity index is 862. The zero-order valence-corrected chi connectivity index (χ0v) is 18.4. The lowest BCUT2D eigenvalue weighted by Crippen LogP contribution is -2.55. The van der Waals surface area contributed by atoms with E-state index in [1.165, 1.54) is 0 Å². The molecule has 2 aliphatic rings. The lowest BCUT2D eigenvalue weighted by atomic mass is 10.2. The van der Waals surface area contributed by atoms with Gasteiger partial charge in [0.1, 0.15) is 6.54 Å². The number of sulfonamides is 1. The Hall–Kier alpha value is -2.17. The Morgan fingerprint density at radius 1 is 0.967 bits per heavy atom. The molecule has 1 aromatic rings. The number of morpholine rings is 1.